The van der Waals surface area contributed by atoms with Crippen LogP contribution >= 0.6 is 22.9 Å². The molecule has 1 aliphatic rings. The van der Waals surface area contributed by atoms with E-state index in [1.807, 2.05) is 6.07 Å². The molecule has 1 N–H and O–H groups in total. The Labute approximate surface area is 106 Å². The van der Waals surface area contributed by atoms with Crippen molar-refractivity contribution in [3.8, 4) is 0 Å². The number of thiophene rings is 1. The molecule has 4 heteroatoms. The molecule has 1 aromatic rings. The van der Waals surface area contributed by atoms with Crippen LogP contribution in [0.3, 0.4) is 0 Å². The third kappa shape index (κ3) is 2.98. The van der Waals surface area contributed by atoms with Crippen LogP contribution in [0.4, 0.5) is 0 Å². The lowest BCUT2D eigenvalue weighted by molar-refractivity contribution is 0.0662. The molecule has 0 radical (unpaired) electrons. The second kappa shape index (κ2) is 6.01. The number of nitrogens with one attached hydrogen (secondary N) is 1. The molecule has 1 unspecified atom stereocenters. The molecule has 0 saturated carbocycles. The Morgan fingerprint density at radius 1 is 1.69 bits per heavy atom. The van der Waals surface area contributed by atoms with E-state index >= 15 is 0 Å². The minimum absolute atomic E-state index is 0.374. The van der Waals surface area contributed by atoms with Gasteiger partial charge in [-0.1, -0.05) is 18.5 Å². The van der Waals surface area contributed by atoms with Crippen LogP contribution < -0.4 is 5.32 Å². The Hall–Kier alpha value is -0.0900. The van der Waals surface area contributed by atoms with Crippen LogP contribution in [0, 0.1) is 0 Å². The van der Waals surface area contributed by atoms with Crippen molar-refractivity contribution < 1.29 is 4.74 Å². The van der Waals surface area contributed by atoms with E-state index in [1.54, 1.807) is 11.3 Å². The lowest BCUT2D eigenvalue weighted by atomic mass is 10.1. The fraction of sp³-hybridized carbons (Fsp3) is 0.667. The van der Waals surface area contributed by atoms with Gasteiger partial charge >= 0.3 is 0 Å². The van der Waals surface area contributed by atoms with Crippen molar-refractivity contribution in [2.24, 2.45) is 0 Å². The summed E-state index contributed by atoms with van der Waals surface area (Å²) in [4.78, 5) is 1.26. The SMILES string of the molecule is CCC(N[C@@H]1CCCOC1)c1sccc1Cl. The van der Waals surface area contributed by atoms with Crippen LogP contribution in [0.5, 0.6) is 0 Å². The average Bonchev–Trinajstić information content (AvgIpc) is 2.74. The van der Waals surface area contributed by atoms with Crippen LogP contribution in [0.1, 0.15) is 37.1 Å². The molecule has 1 fully saturated rings. The van der Waals surface area contributed by atoms with E-state index in [0.717, 1.165) is 31.1 Å². The molecule has 1 aromatic heterocycles. The average molecular weight is 260 g/mol. The van der Waals surface area contributed by atoms with E-state index in [1.165, 1.54) is 11.3 Å². The lowest BCUT2D eigenvalue weighted by Crippen LogP contribution is -2.38. The van der Waals surface area contributed by atoms with Crippen molar-refractivity contribution in [3.05, 3.63) is 21.3 Å². The van der Waals surface area contributed by atoms with Crippen molar-refractivity contribution >= 4 is 22.9 Å². The van der Waals surface area contributed by atoms with E-state index < -0.39 is 0 Å². The summed E-state index contributed by atoms with van der Waals surface area (Å²) in [5, 5.41) is 6.59. The summed E-state index contributed by atoms with van der Waals surface area (Å²) in [5.74, 6) is 0. The third-order valence-corrected chi connectivity index (χ3v) is 4.44. The van der Waals surface area contributed by atoms with Crippen LogP contribution in [0.25, 0.3) is 0 Å². The molecule has 1 aliphatic heterocycles. The molecule has 0 spiro atoms. The molecule has 0 bridgehead atoms. The highest BCUT2D eigenvalue weighted by molar-refractivity contribution is 7.10. The Bertz CT molecular complexity index is 323. The second-order valence-electron chi connectivity index (χ2n) is 4.17. The maximum Gasteiger partial charge on any atom is 0.0619 e. The standard InChI is InChI=1S/C12H18ClNOS/c1-2-11(12-10(13)5-7-16-12)14-9-4-3-6-15-8-9/h5,7,9,11,14H,2-4,6,8H2,1H3/t9-,11?/m1/s1. The van der Waals surface area contributed by atoms with Gasteiger partial charge in [0.2, 0.25) is 0 Å². The van der Waals surface area contributed by atoms with Crippen LogP contribution in [-0.2, 0) is 4.74 Å². The van der Waals surface area contributed by atoms with Gasteiger partial charge in [0.25, 0.3) is 0 Å². The van der Waals surface area contributed by atoms with Crippen molar-refractivity contribution in [3.63, 3.8) is 0 Å². The molecule has 1 saturated heterocycles. The first-order valence-corrected chi connectivity index (χ1v) is 7.13. The first-order chi connectivity index (χ1) is 7.81. The highest BCUT2D eigenvalue weighted by Crippen LogP contribution is 2.31. The van der Waals surface area contributed by atoms with E-state index in [0.29, 0.717) is 12.1 Å². The zero-order valence-electron chi connectivity index (χ0n) is 9.54. The molecule has 0 aromatic carbocycles. The Morgan fingerprint density at radius 3 is 3.12 bits per heavy atom. The molecule has 2 atom stereocenters. The number of halogens is 1. The van der Waals surface area contributed by atoms with Crippen LogP contribution in [0.2, 0.25) is 5.02 Å². The topological polar surface area (TPSA) is 21.3 Å². The first kappa shape index (κ1) is 12.4. The maximum absolute atomic E-state index is 6.17. The number of ether oxygens (including phenoxy) is 1. The van der Waals surface area contributed by atoms with Crippen molar-refractivity contribution in [1.82, 2.24) is 5.32 Å². The van der Waals surface area contributed by atoms with Gasteiger partial charge in [-0.15, -0.1) is 11.3 Å². The number of hydrogen-bond donors (Lipinski definition) is 1. The van der Waals surface area contributed by atoms with Gasteiger partial charge in [-0.25, -0.2) is 0 Å². The smallest absolute Gasteiger partial charge is 0.0619 e. The van der Waals surface area contributed by atoms with Gasteiger partial charge in [0.1, 0.15) is 0 Å². The van der Waals surface area contributed by atoms with Gasteiger partial charge in [-0.2, -0.15) is 0 Å². The van der Waals surface area contributed by atoms with Crippen molar-refractivity contribution in [2.45, 2.75) is 38.3 Å². The van der Waals surface area contributed by atoms with E-state index in [-0.39, 0.29) is 0 Å². The fourth-order valence-corrected chi connectivity index (χ4v) is 3.42. The van der Waals surface area contributed by atoms with Crippen LogP contribution in [0.15, 0.2) is 11.4 Å². The summed E-state index contributed by atoms with van der Waals surface area (Å²) in [5.41, 5.74) is 0. The normalized spacial score (nSPS) is 23.2. The molecule has 2 nitrogen and oxygen atoms in total. The Morgan fingerprint density at radius 2 is 2.56 bits per heavy atom. The lowest BCUT2D eigenvalue weighted by Gasteiger charge is -2.27. The zero-order chi connectivity index (χ0) is 11.4. The summed E-state index contributed by atoms with van der Waals surface area (Å²) in [7, 11) is 0. The van der Waals surface area contributed by atoms with Gasteiger partial charge in [0.15, 0.2) is 0 Å². The molecule has 2 heterocycles. The highest BCUT2D eigenvalue weighted by atomic mass is 35.5. The summed E-state index contributed by atoms with van der Waals surface area (Å²) >= 11 is 7.91. The number of hydrogen-bond acceptors (Lipinski definition) is 3. The monoisotopic (exact) mass is 259 g/mol. The zero-order valence-corrected chi connectivity index (χ0v) is 11.1. The molecule has 16 heavy (non-hydrogen) atoms. The molecular formula is C12H18ClNOS. The minimum atomic E-state index is 0.374. The first-order valence-electron chi connectivity index (χ1n) is 5.88. The minimum Gasteiger partial charge on any atom is -0.380 e. The van der Waals surface area contributed by atoms with Gasteiger partial charge in [-0.3, -0.25) is 0 Å². The molecule has 2 rings (SSSR count). The van der Waals surface area contributed by atoms with Gasteiger partial charge < -0.3 is 10.1 Å². The molecule has 90 valence electrons. The fourth-order valence-electron chi connectivity index (χ4n) is 2.09. The van der Waals surface area contributed by atoms with E-state index in [9.17, 15) is 0 Å². The summed E-state index contributed by atoms with van der Waals surface area (Å²) < 4.78 is 5.48. The van der Waals surface area contributed by atoms with Crippen molar-refractivity contribution in [2.75, 3.05) is 13.2 Å². The van der Waals surface area contributed by atoms with Crippen LogP contribution in [-0.4, -0.2) is 19.3 Å². The molecule has 0 aliphatic carbocycles. The van der Waals surface area contributed by atoms with Crippen molar-refractivity contribution in [1.29, 1.82) is 0 Å². The van der Waals surface area contributed by atoms with Gasteiger partial charge in [-0.05, 0) is 30.7 Å². The van der Waals surface area contributed by atoms with E-state index in [2.05, 4.69) is 17.6 Å². The quantitative estimate of drug-likeness (QED) is 0.892. The van der Waals surface area contributed by atoms with Gasteiger partial charge in [0, 0.05) is 23.6 Å². The Balaban J connectivity index is 1.97. The van der Waals surface area contributed by atoms with Gasteiger partial charge in [0.05, 0.1) is 11.6 Å². The maximum atomic E-state index is 6.17. The summed E-state index contributed by atoms with van der Waals surface area (Å²) in [6, 6.07) is 2.83. The molecular weight excluding hydrogens is 242 g/mol. The van der Waals surface area contributed by atoms with E-state index in [4.69, 9.17) is 16.3 Å². The predicted molar refractivity (Wildman–Crippen MR) is 69.3 cm³/mol. The predicted octanol–water partition coefficient (Wildman–Crippen LogP) is 3.62. The summed E-state index contributed by atoms with van der Waals surface area (Å²) in [6.07, 6.45) is 3.43. The highest BCUT2D eigenvalue weighted by Gasteiger charge is 2.20. The Kier molecular flexibility index (Phi) is 4.65. The molecule has 0 amide bonds. The number of rotatable bonds is 4. The third-order valence-electron chi connectivity index (χ3n) is 2.97. The summed E-state index contributed by atoms with van der Waals surface area (Å²) in [6.45, 7) is 3.94. The second-order valence-corrected chi connectivity index (χ2v) is 5.53. The largest absolute Gasteiger partial charge is 0.380 e.